The van der Waals surface area contributed by atoms with E-state index in [-0.39, 0.29) is 6.54 Å². The van der Waals surface area contributed by atoms with E-state index in [4.69, 9.17) is 9.47 Å². The molecule has 9 heteroatoms. The number of hydrogen-bond acceptors (Lipinski definition) is 6. The average molecular weight is 437 g/mol. The van der Waals surface area contributed by atoms with Gasteiger partial charge in [-0.15, -0.1) is 0 Å². The molecule has 0 fully saturated rings. The number of methoxy groups -OCH3 is 1. The molecule has 8 nitrogen and oxygen atoms in total. The van der Waals surface area contributed by atoms with Crippen LogP contribution in [-0.2, 0) is 24.5 Å². The van der Waals surface area contributed by atoms with Gasteiger partial charge in [-0.25, -0.2) is 13.9 Å². The SMILES string of the molecule is COC(=O)C1=CC=C(CN(c2ccccc2)S(=O)(=O)N(C)C(=O)OC(C)(C)C)CC1. The molecule has 0 atom stereocenters. The lowest BCUT2D eigenvalue weighted by molar-refractivity contribution is -0.136. The van der Waals surface area contributed by atoms with Gasteiger partial charge in [0.25, 0.3) is 0 Å². The zero-order valence-corrected chi connectivity index (χ0v) is 18.7. The van der Waals surface area contributed by atoms with E-state index in [1.54, 1.807) is 63.3 Å². The fourth-order valence-electron chi connectivity index (χ4n) is 2.77. The van der Waals surface area contributed by atoms with Crippen LogP contribution in [0.2, 0.25) is 0 Å². The summed E-state index contributed by atoms with van der Waals surface area (Å²) in [7, 11) is -1.73. The van der Waals surface area contributed by atoms with Gasteiger partial charge in [-0.1, -0.05) is 30.4 Å². The van der Waals surface area contributed by atoms with E-state index in [0.717, 1.165) is 9.88 Å². The number of carbonyl (C=O) groups is 2. The zero-order valence-electron chi connectivity index (χ0n) is 17.9. The molecule has 0 unspecified atom stereocenters. The Labute approximate surface area is 177 Å². The molecule has 0 N–H and O–H groups in total. The number of rotatable bonds is 6. The van der Waals surface area contributed by atoms with Crippen molar-refractivity contribution in [3.63, 3.8) is 0 Å². The van der Waals surface area contributed by atoms with Gasteiger partial charge in [0, 0.05) is 12.6 Å². The first-order valence-electron chi connectivity index (χ1n) is 9.47. The fourth-order valence-corrected chi connectivity index (χ4v) is 4.00. The van der Waals surface area contributed by atoms with Crippen LogP contribution in [0.15, 0.2) is 53.6 Å². The minimum absolute atomic E-state index is 0.0322. The third kappa shape index (κ3) is 5.85. The molecule has 1 aliphatic rings. The molecule has 0 saturated heterocycles. The van der Waals surface area contributed by atoms with Gasteiger partial charge in [0.05, 0.1) is 19.3 Å². The summed E-state index contributed by atoms with van der Waals surface area (Å²) in [6.45, 7) is 5.03. The maximum atomic E-state index is 13.3. The average Bonchev–Trinajstić information content (AvgIpc) is 2.70. The smallest absolute Gasteiger partial charge is 0.425 e. The van der Waals surface area contributed by atoms with Crippen LogP contribution in [0.5, 0.6) is 0 Å². The minimum atomic E-state index is -4.22. The Morgan fingerprint density at radius 1 is 1.07 bits per heavy atom. The van der Waals surface area contributed by atoms with Crippen molar-refractivity contribution in [2.75, 3.05) is 25.0 Å². The number of allylic oxidation sites excluding steroid dienone is 2. The molecule has 0 saturated carbocycles. The van der Waals surface area contributed by atoms with Crippen molar-refractivity contribution in [1.82, 2.24) is 4.31 Å². The predicted molar refractivity (Wildman–Crippen MR) is 114 cm³/mol. The van der Waals surface area contributed by atoms with Crippen LogP contribution in [0.3, 0.4) is 0 Å². The number of benzene rings is 1. The van der Waals surface area contributed by atoms with Crippen LogP contribution in [0.4, 0.5) is 10.5 Å². The molecule has 0 aliphatic heterocycles. The topological polar surface area (TPSA) is 93.2 Å². The number of ether oxygens (including phenoxy) is 2. The molecule has 1 aliphatic carbocycles. The molecule has 0 bridgehead atoms. The Kier molecular flexibility index (Phi) is 7.30. The second kappa shape index (κ2) is 9.34. The first-order valence-corrected chi connectivity index (χ1v) is 10.9. The Hall–Kier alpha value is -2.81. The molecule has 1 aromatic carbocycles. The molecule has 0 aromatic heterocycles. The van der Waals surface area contributed by atoms with Crippen LogP contribution in [-0.4, -0.2) is 51.1 Å². The van der Waals surface area contributed by atoms with Crippen LogP contribution in [0, 0.1) is 0 Å². The number of nitrogens with zero attached hydrogens (tertiary/aromatic N) is 2. The molecule has 0 heterocycles. The van der Waals surface area contributed by atoms with Gasteiger partial charge in [0.2, 0.25) is 0 Å². The summed E-state index contributed by atoms with van der Waals surface area (Å²) in [5, 5.41) is 0. The third-order valence-electron chi connectivity index (χ3n) is 4.35. The molecule has 164 valence electrons. The van der Waals surface area contributed by atoms with Gasteiger partial charge in [0.1, 0.15) is 5.60 Å². The van der Waals surface area contributed by atoms with E-state index in [9.17, 15) is 18.0 Å². The van der Waals surface area contributed by atoms with Crippen molar-refractivity contribution in [3.05, 3.63) is 53.6 Å². The van der Waals surface area contributed by atoms with E-state index < -0.39 is 27.9 Å². The lowest BCUT2D eigenvalue weighted by Gasteiger charge is -2.31. The third-order valence-corrected chi connectivity index (χ3v) is 6.09. The molecule has 0 radical (unpaired) electrons. The first kappa shape index (κ1) is 23.5. The summed E-state index contributed by atoms with van der Waals surface area (Å²) >= 11 is 0. The van der Waals surface area contributed by atoms with E-state index in [1.165, 1.54) is 14.2 Å². The van der Waals surface area contributed by atoms with Crippen molar-refractivity contribution in [1.29, 1.82) is 0 Å². The van der Waals surface area contributed by atoms with Crippen molar-refractivity contribution in [2.45, 2.75) is 39.2 Å². The largest absolute Gasteiger partial charge is 0.466 e. The van der Waals surface area contributed by atoms with Crippen LogP contribution >= 0.6 is 0 Å². The maximum Gasteiger partial charge on any atom is 0.425 e. The number of esters is 1. The summed E-state index contributed by atoms with van der Waals surface area (Å²) in [6, 6.07) is 8.52. The maximum absolute atomic E-state index is 13.3. The van der Waals surface area contributed by atoms with E-state index >= 15 is 0 Å². The van der Waals surface area contributed by atoms with E-state index in [0.29, 0.717) is 28.4 Å². The van der Waals surface area contributed by atoms with Gasteiger partial charge in [-0.05, 0) is 51.3 Å². The molecule has 30 heavy (non-hydrogen) atoms. The minimum Gasteiger partial charge on any atom is -0.466 e. The second-order valence-corrected chi connectivity index (χ2v) is 9.69. The molecule has 0 spiro atoms. The molecular formula is C21H28N2O6S. The number of carbonyl (C=O) groups excluding carboxylic acids is 2. The van der Waals surface area contributed by atoms with Gasteiger partial charge in [0.15, 0.2) is 0 Å². The molecular weight excluding hydrogens is 408 g/mol. The van der Waals surface area contributed by atoms with Crippen molar-refractivity contribution < 1.29 is 27.5 Å². The predicted octanol–water partition coefficient (Wildman–Crippen LogP) is 3.42. The van der Waals surface area contributed by atoms with Gasteiger partial charge in [-0.3, -0.25) is 0 Å². The summed E-state index contributed by atoms with van der Waals surface area (Å²) < 4.78 is 38.3. The lowest BCUT2D eigenvalue weighted by Crippen LogP contribution is -2.47. The highest BCUT2D eigenvalue weighted by Gasteiger charge is 2.34. The van der Waals surface area contributed by atoms with E-state index in [2.05, 4.69) is 0 Å². The van der Waals surface area contributed by atoms with Gasteiger partial charge >= 0.3 is 22.3 Å². The number of para-hydroxylation sites is 1. The monoisotopic (exact) mass is 436 g/mol. The van der Waals surface area contributed by atoms with Crippen molar-refractivity contribution in [2.24, 2.45) is 0 Å². The molecule has 2 rings (SSSR count). The van der Waals surface area contributed by atoms with Crippen LogP contribution in [0.1, 0.15) is 33.6 Å². The van der Waals surface area contributed by atoms with Gasteiger partial charge < -0.3 is 9.47 Å². The normalized spacial score (nSPS) is 14.3. The lowest BCUT2D eigenvalue weighted by atomic mass is 9.98. The van der Waals surface area contributed by atoms with Crippen molar-refractivity contribution >= 4 is 28.0 Å². The Morgan fingerprint density at radius 3 is 2.20 bits per heavy atom. The van der Waals surface area contributed by atoms with Crippen LogP contribution in [0.25, 0.3) is 0 Å². The highest BCUT2D eigenvalue weighted by molar-refractivity contribution is 7.91. The van der Waals surface area contributed by atoms with Gasteiger partial charge in [-0.2, -0.15) is 12.7 Å². The number of amides is 1. The fraction of sp³-hybridized carbons (Fsp3) is 0.429. The quantitative estimate of drug-likeness (QED) is 0.635. The summed E-state index contributed by atoms with van der Waals surface area (Å²) in [6.07, 6.45) is 3.33. The second-order valence-electron chi connectivity index (χ2n) is 7.81. The standard InChI is InChI=1S/C21H28N2O6S/c1-21(2,3)29-20(25)22(4)30(26,27)23(18-9-7-6-8-10-18)15-16-11-13-17(14-12-16)19(24)28-5/h6-11,13H,12,14-15H2,1-5H3. The molecule has 1 aromatic rings. The Bertz CT molecular complexity index is 945. The molecule has 1 amide bonds. The number of hydrogen-bond donors (Lipinski definition) is 0. The highest BCUT2D eigenvalue weighted by atomic mass is 32.2. The van der Waals surface area contributed by atoms with Crippen molar-refractivity contribution in [3.8, 4) is 0 Å². The summed E-state index contributed by atoms with van der Waals surface area (Å²) in [5.41, 5.74) is 0.907. The zero-order chi connectivity index (χ0) is 22.5. The summed E-state index contributed by atoms with van der Waals surface area (Å²) in [5.74, 6) is -0.400. The van der Waals surface area contributed by atoms with E-state index in [1.807, 2.05) is 0 Å². The van der Waals surface area contributed by atoms with Crippen LogP contribution < -0.4 is 4.31 Å². The Morgan fingerprint density at radius 2 is 1.70 bits per heavy atom. The first-order chi connectivity index (χ1) is 14.0. The Balaban J connectivity index is 2.35. The highest BCUT2D eigenvalue weighted by Crippen LogP contribution is 2.26. The number of anilines is 1. The summed E-state index contributed by atoms with van der Waals surface area (Å²) in [4.78, 5) is 24.1.